The van der Waals surface area contributed by atoms with Gasteiger partial charge in [0.15, 0.2) is 11.6 Å². The molecule has 0 saturated heterocycles. The van der Waals surface area contributed by atoms with Gasteiger partial charge in [-0.15, -0.1) is 0 Å². The first-order valence-corrected chi connectivity index (χ1v) is 6.10. The van der Waals surface area contributed by atoms with Crippen LogP contribution in [0, 0.1) is 12.7 Å². The number of aromatic nitrogens is 2. The second kappa shape index (κ2) is 4.77. The van der Waals surface area contributed by atoms with Crippen LogP contribution in [0.4, 0.5) is 10.2 Å². The molecule has 0 atom stereocenters. The van der Waals surface area contributed by atoms with Crippen LogP contribution < -0.4 is 5.73 Å². The molecular weight excluding hydrogens is 257 g/mol. The van der Waals surface area contributed by atoms with Gasteiger partial charge in [-0.3, -0.25) is 4.98 Å². The van der Waals surface area contributed by atoms with E-state index in [-0.39, 0.29) is 11.6 Å². The summed E-state index contributed by atoms with van der Waals surface area (Å²) in [6.45, 7) is 1.69. The molecule has 0 aliphatic carbocycles. The summed E-state index contributed by atoms with van der Waals surface area (Å²) in [7, 11) is 0. The number of hydrogen-bond acceptors (Lipinski definition) is 4. The van der Waals surface area contributed by atoms with Crippen molar-refractivity contribution in [1.82, 2.24) is 10.1 Å². The third-order valence-electron chi connectivity index (χ3n) is 3.06. The molecule has 1 aromatic carbocycles. The van der Waals surface area contributed by atoms with E-state index in [2.05, 4.69) is 10.1 Å². The van der Waals surface area contributed by atoms with Crippen LogP contribution in [0.3, 0.4) is 0 Å². The molecule has 20 heavy (non-hydrogen) atoms. The summed E-state index contributed by atoms with van der Waals surface area (Å²) in [5.74, 6) is 0.491. The zero-order valence-electron chi connectivity index (χ0n) is 10.8. The summed E-state index contributed by atoms with van der Waals surface area (Å²) >= 11 is 0. The lowest BCUT2D eigenvalue weighted by molar-refractivity contribution is 0.436. The second-order valence-electron chi connectivity index (χ2n) is 4.45. The zero-order valence-corrected chi connectivity index (χ0v) is 10.8. The maximum absolute atomic E-state index is 13.4. The van der Waals surface area contributed by atoms with Crippen molar-refractivity contribution < 1.29 is 8.91 Å². The van der Waals surface area contributed by atoms with Gasteiger partial charge in [-0.25, -0.2) is 4.39 Å². The lowest BCUT2D eigenvalue weighted by Gasteiger charge is -2.03. The summed E-state index contributed by atoms with van der Waals surface area (Å²) in [6, 6.07) is 10.2. The van der Waals surface area contributed by atoms with Gasteiger partial charge < -0.3 is 10.3 Å². The van der Waals surface area contributed by atoms with Gasteiger partial charge in [0.05, 0.1) is 11.3 Å². The van der Waals surface area contributed by atoms with E-state index in [4.69, 9.17) is 10.3 Å². The minimum Gasteiger partial charge on any atom is -0.380 e. The van der Waals surface area contributed by atoms with Gasteiger partial charge in [-0.05, 0) is 42.8 Å². The lowest BCUT2D eigenvalue weighted by Crippen LogP contribution is -1.91. The summed E-state index contributed by atoms with van der Waals surface area (Å²) in [5, 5.41) is 3.79. The highest BCUT2D eigenvalue weighted by atomic mass is 19.1. The fourth-order valence-corrected chi connectivity index (χ4v) is 2.04. The largest absolute Gasteiger partial charge is 0.380 e. The first-order valence-electron chi connectivity index (χ1n) is 6.10. The smallest absolute Gasteiger partial charge is 0.178 e. The summed E-state index contributed by atoms with van der Waals surface area (Å²) < 4.78 is 18.7. The molecular formula is C15H12FN3O. The minimum absolute atomic E-state index is 0.263. The van der Waals surface area contributed by atoms with Gasteiger partial charge in [0.1, 0.15) is 5.82 Å². The van der Waals surface area contributed by atoms with E-state index in [9.17, 15) is 4.39 Å². The van der Waals surface area contributed by atoms with Crippen LogP contribution >= 0.6 is 0 Å². The molecule has 0 aliphatic heterocycles. The maximum Gasteiger partial charge on any atom is 0.178 e. The number of anilines is 1. The summed E-state index contributed by atoms with van der Waals surface area (Å²) in [6.07, 6.45) is 1.67. The van der Waals surface area contributed by atoms with Gasteiger partial charge in [0.25, 0.3) is 0 Å². The molecule has 4 nitrogen and oxygen atoms in total. The third-order valence-corrected chi connectivity index (χ3v) is 3.06. The molecule has 0 bridgehead atoms. The first-order chi connectivity index (χ1) is 9.66. The van der Waals surface area contributed by atoms with Crippen molar-refractivity contribution in [1.29, 1.82) is 0 Å². The van der Waals surface area contributed by atoms with E-state index in [1.165, 1.54) is 6.07 Å². The Morgan fingerprint density at radius 1 is 1.20 bits per heavy atom. The molecule has 0 radical (unpaired) electrons. The SMILES string of the molecule is Cc1cc(-c2onc(N)c2-c2ccccn2)ccc1F. The normalized spacial score (nSPS) is 10.7. The fraction of sp³-hybridized carbons (Fsp3) is 0.0667. The predicted molar refractivity (Wildman–Crippen MR) is 74.3 cm³/mol. The Balaban J connectivity index is 2.18. The van der Waals surface area contributed by atoms with E-state index in [0.29, 0.717) is 28.1 Å². The number of pyridine rings is 1. The number of nitrogens with zero attached hydrogens (tertiary/aromatic N) is 2. The van der Waals surface area contributed by atoms with Gasteiger partial charge >= 0.3 is 0 Å². The van der Waals surface area contributed by atoms with Crippen molar-refractivity contribution in [2.45, 2.75) is 6.92 Å². The average molecular weight is 269 g/mol. The van der Waals surface area contributed by atoms with E-state index in [1.54, 1.807) is 25.3 Å². The topological polar surface area (TPSA) is 64.9 Å². The Hall–Kier alpha value is -2.69. The molecule has 2 N–H and O–H groups in total. The molecule has 2 heterocycles. The van der Waals surface area contributed by atoms with Gasteiger partial charge in [0.2, 0.25) is 0 Å². The number of halogens is 1. The van der Waals surface area contributed by atoms with Crippen molar-refractivity contribution in [3.05, 3.63) is 54.0 Å². The highest BCUT2D eigenvalue weighted by Crippen LogP contribution is 2.35. The van der Waals surface area contributed by atoms with Crippen molar-refractivity contribution in [3.8, 4) is 22.6 Å². The van der Waals surface area contributed by atoms with Crippen LogP contribution in [-0.2, 0) is 0 Å². The van der Waals surface area contributed by atoms with Gasteiger partial charge in [0, 0.05) is 11.8 Å². The molecule has 3 rings (SSSR count). The van der Waals surface area contributed by atoms with Crippen LogP contribution in [0.5, 0.6) is 0 Å². The highest BCUT2D eigenvalue weighted by molar-refractivity contribution is 5.84. The number of benzene rings is 1. The first kappa shape index (κ1) is 12.3. The number of aryl methyl sites for hydroxylation is 1. The average Bonchev–Trinajstić information content (AvgIpc) is 2.85. The van der Waals surface area contributed by atoms with Crippen LogP contribution in [0.1, 0.15) is 5.56 Å². The van der Waals surface area contributed by atoms with Crippen molar-refractivity contribution in [3.63, 3.8) is 0 Å². The number of rotatable bonds is 2. The predicted octanol–water partition coefficient (Wildman–Crippen LogP) is 3.43. The summed E-state index contributed by atoms with van der Waals surface area (Å²) in [4.78, 5) is 4.25. The Kier molecular flexibility index (Phi) is 2.95. The zero-order chi connectivity index (χ0) is 14.1. The van der Waals surface area contributed by atoms with Crippen LogP contribution in [0.15, 0.2) is 47.1 Å². The molecule has 0 unspecified atom stereocenters. The van der Waals surface area contributed by atoms with E-state index in [0.717, 1.165) is 0 Å². The van der Waals surface area contributed by atoms with Crippen LogP contribution in [0.25, 0.3) is 22.6 Å². The van der Waals surface area contributed by atoms with Crippen molar-refractivity contribution >= 4 is 5.82 Å². The molecule has 0 saturated carbocycles. The molecule has 100 valence electrons. The quantitative estimate of drug-likeness (QED) is 0.774. The monoisotopic (exact) mass is 269 g/mol. The number of nitrogens with two attached hydrogens (primary N) is 1. The van der Waals surface area contributed by atoms with Crippen LogP contribution in [0.2, 0.25) is 0 Å². The Morgan fingerprint density at radius 3 is 2.75 bits per heavy atom. The second-order valence-corrected chi connectivity index (χ2v) is 4.45. The Labute approximate surface area is 115 Å². The Morgan fingerprint density at radius 2 is 2.05 bits per heavy atom. The van der Waals surface area contributed by atoms with Gasteiger partial charge in [-0.1, -0.05) is 11.2 Å². The molecule has 5 heteroatoms. The standard InChI is InChI=1S/C15H12FN3O/c1-9-8-10(5-6-11(9)16)14-13(15(17)19-20-14)12-4-2-3-7-18-12/h2-8H,1H3,(H2,17,19). The van der Waals surface area contributed by atoms with Crippen molar-refractivity contribution in [2.24, 2.45) is 0 Å². The minimum atomic E-state index is -0.263. The van der Waals surface area contributed by atoms with Gasteiger partial charge in [-0.2, -0.15) is 0 Å². The molecule has 3 aromatic rings. The number of hydrogen-bond donors (Lipinski definition) is 1. The molecule has 0 amide bonds. The van der Waals surface area contributed by atoms with E-state index >= 15 is 0 Å². The summed E-state index contributed by atoms with van der Waals surface area (Å²) in [5.41, 5.74) is 8.40. The van der Waals surface area contributed by atoms with Crippen LogP contribution in [-0.4, -0.2) is 10.1 Å². The fourth-order valence-electron chi connectivity index (χ4n) is 2.04. The lowest BCUT2D eigenvalue weighted by atomic mass is 10.0. The maximum atomic E-state index is 13.4. The molecule has 2 aromatic heterocycles. The van der Waals surface area contributed by atoms with Crippen molar-refractivity contribution in [2.75, 3.05) is 5.73 Å². The molecule has 0 fully saturated rings. The molecule has 0 spiro atoms. The molecule has 0 aliphatic rings. The van der Waals surface area contributed by atoms with E-state index < -0.39 is 0 Å². The van der Waals surface area contributed by atoms with E-state index in [1.807, 2.05) is 18.2 Å². The Bertz CT molecular complexity index is 753. The third kappa shape index (κ3) is 2.03. The number of nitrogen functional groups attached to an aromatic ring is 1. The highest BCUT2D eigenvalue weighted by Gasteiger charge is 2.18.